The third-order valence-electron chi connectivity index (χ3n) is 2.65. The SMILES string of the molecule is CC(C)(C)OC(=O)CN1NN(c2ccccc2)CC1=N. The number of rotatable bonds is 3. The molecule has 0 aromatic heterocycles. The van der Waals surface area contributed by atoms with Crippen molar-refractivity contribution in [2.45, 2.75) is 26.4 Å². The van der Waals surface area contributed by atoms with Crippen LogP contribution in [0.5, 0.6) is 0 Å². The number of esters is 1. The summed E-state index contributed by atoms with van der Waals surface area (Å²) in [5.74, 6) is -0.0237. The second-order valence-electron chi connectivity index (χ2n) is 5.64. The number of carbonyl (C=O) groups excluding carboxylic acids is 1. The van der Waals surface area contributed by atoms with Crippen LogP contribution in [0.4, 0.5) is 5.69 Å². The summed E-state index contributed by atoms with van der Waals surface area (Å²) in [5, 5.41) is 11.2. The maximum absolute atomic E-state index is 11.8. The Morgan fingerprint density at radius 2 is 2.00 bits per heavy atom. The molecular weight excluding hydrogens is 256 g/mol. The van der Waals surface area contributed by atoms with Gasteiger partial charge in [-0.2, -0.15) is 0 Å². The molecule has 108 valence electrons. The molecule has 1 heterocycles. The number of amidine groups is 1. The van der Waals surface area contributed by atoms with Crippen LogP contribution in [0.25, 0.3) is 0 Å². The molecule has 0 atom stereocenters. The van der Waals surface area contributed by atoms with Gasteiger partial charge in [-0.25, -0.2) is 0 Å². The maximum atomic E-state index is 11.8. The number of benzene rings is 1. The minimum atomic E-state index is -0.516. The molecule has 1 aliphatic heterocycles. The van der Waals surface area contributed by atoms with Crippen molar-refractivity contribution < 1.29 is 9.53 Å². The number of nitrogens with one attached hydrogen (secondary N) is 2. The predicted octanol–water partition coefficient (Wildman–Crippen LogP) is 1.55. The van der Waals surface area contributed by atoms with Crippen molar-refractivity contribution in [2.75, 3.05) is 18.1 Å². The first-order chi connectivity index (χ1) is 9.35. The first-order valence-electron chi connectivity index (χ1n) is 6.51. The molecule has 2 rings (SSSR count). The first kappa shape index (κ1) is 14.3. The number of hydrogen-bond donors (Lipinski definition) is 2. The van der Waals surface area contributed by atoms with Gasteiger partial charge in [-0.15, -0.1) is 5.53 Å². The van der Waals surface area contributed by atoms with E-state index in [-0.39, 0.29) is 12.5 Å². The highest BCUT2D eigenvalue weighted by Gasteiger charge is 2.28. The smallest absolute Gasteiger partial charge is 0.327 e. The van der Waals surface area contributed by atoms with Gasteiger partial charge >= 0.3 is 5.97 Å². The number of para-hydroxylation sites is 1. The zero-order valence-electron chi connectivity index (χ0n) is 12.0. The van der Waals surface area contributed by atoms with E-state index < -0.39 is 5.60 Å². The summed E-state index contributed by atoms with van der Waals surface area (Å²) >= 11 is 0. The number of hydrazine groups is 2. The van der Waals surface area contributed by atoms with E-state index in [9.17, 15) is 4.79 Å². The number of nitrogens with zero attached hydrogens (tertiary/aromatic N) is 2. The van der Waals surface area contributed by atoms with Gasteiger partial charge in [-0.3, -0.25) is 20.2 Å². The molecule has 20 heavy (non-hydrogen) atoms. The number of carbonyl (C=O) groups is 1. The Balaban J connectivity index is 1.95. The Kier molecular flexibility index (Phi) is 3.94. The molecule has 1 aromatic rings. The zero-order chi connectivity index (χ0) is 14.8. The van der Waals surface area contributed by atoms with Crippen LogP contribution in [-0.2, 0) is 9.53 Å². The summed E-state index contributed by atoms with van der Waals surface area (Å²) in [6.45, 7) is 5.89. The van der Waals surface area contributed by atoms with Crippen LogP contribution in [0, 0.1) is 5.41 Å². The van der Waals surface area contributed by atoms with Gasteiger partial charge in [-0.1, -0.05) is 18.2 Å². The van der Waals surface area contributed by atoms with E-state index in [1.54, 1.807) is 0 Å². The Morgan fingerprint density at radius 3 is 2.60 bits per heavy atom. The van der Waals surface area contributed by atoms with E-state index in [2.05, 4.69) is 5.53 Å². The minimum absolute atomic E-state index is 0.0133. The van der Waals surface area contributed by atoms with Crippen LogP contribution in [0.1, 0.15) is 20.8 Å². The zero-order valence-corrected chi connectivity index (χ0v) is 12.0. The summed E-state index contributed by atoms with van der Waals surface area (Å²) in [5.41, 5.74) is 3.45. The molecular formula is C14H20N4O2. The Morgan fingerprint density at radius 1 is 1.35 bits per heavy atom. The molecule has 6 heteroatoms. The van der Waals surface area contributed by atoms with Crippen molar-refractivity contribution in [1.29, 1.82) is 5.41 Å². The average molecular weight is 276 g/mol. The molecule has 1 saturated heterocycles. The maximum Gasteiger partial charge on any atom is 0.327 e. The summed E-state index contributed by atoms with van der Waals surface area (Å²) in [4.78, 5) is 11.8. The van der Waals surface area contributed by atoms with E-state index in [1.807, 2.05) is 56.1 Å². The van der Waals surface area contributed by atoms with Crippen LogP contribution in [-0.4, -0.2) is 35.5 Å². The molecule has 6 nitrogen and oxygen atoms in total. The first-order valence-corrected chi connectivity index (χ1v) is 6.51. The molecule has 0 spiro atoms. The van der Waals surface area contributed by atoms with E-state index in [0.29, 0.717) is 12.4 Å². The molecule has 1 aliphatic rings. The number of hydrogen-bond acceptors (Lipinski definition) is 5. The largest absolute Gasteiger partial charge is 0.459 e. The molecule has 1 aromatic carbocycles. The third kappa shape index (κ3) is 3.71. The molecule has 0 aliphatic carbocycles. The number of ether oxygens (including phenoxy) is 1. The molecule has 0 unspecified atom stereocenters. The van der Waals surface area contributed by atoms with Gasteiger partial charge in [0.15, 0.2) is 0 Å². The van der Waals surface area contributed by atoms with Crippen molar-refractivity contribution >= 4 is 17.5 Å². The molecule has 0 saturated carbocycles. The van der Waals surface area contributed by atoms with Crippen LogP contribution in [0.15, 0.2) is 30.3 Å². The van der Waals surface area contributed by atoms with E-state index in [4.69, 9.17) is 10.1 Å². The normalized spacial score (nSPS) is 15.7. The van der Waals surface area contributed by atoms with Crippen LogP contribution < -0.4 is 10.5 Å². The summed E-state index contributed by atoms with van der Waals surface area (Å²) < 4.78 is 5.25. The lowest BCUT2D eigenvalue weighted by Gasteiger charge is -2.24. The minimum Gasteiger partial charge on any atom is -0.459 e. The highest BCUT2D eigenvalue weighted by atomic mass is 16.6. The van der Waals surface area contributed by atoms with Gasteiger partial charge in [-0.05, 0) is 32.9 Å². The highest BCUT2D eigenvalue weighted by molar-refractivity contribution is 5.89. The summed E-state index contributed by atoms with van der Waals surface area (Å²) in [6, 6.07) is 9.67. The monoisotopic (exact) mass is 276 g/mol. The summed E-state index contributed by atoms with van der Waals surface area (Å²) in [6.07, 6.45) is 0. The van der Waals surface area contributed by atoms with Crippen molar-refractivity contribution in [3.8, 4) is 0 Å². The lowest BCUT2D eigenvalue weighted by Crippen LogP contribution is -2.44. The summed E-state index contributed by atoms with van der Waals surface area (Å²) in [7, 11) is 0. The van der Waals surface area contributed by atoms with Gasteiger partial charge in [0, 0.05) is 0 Å². The van der Waals surface area contributed by atoms with E-state index >= 15 is 0 Å². The molecule has 2 N–H and O–H groups in total. The van der Waals surface area contributed by atoms with Crippen LogP contribution in [0.2, 0.25) is 0 Å². The van der Waals surface area contributed by atoms with Crippen molar-refractivity contribution in [1.82, 2.24) is 10.5 Å². The topological polar surface area (TPSA) is 68.7 Å². The van der Waals surface area contributed by atoms with Gasteiger partial charge in [0.05, 0.1) is 12.2 Å². The third-order valence-corrected chi connectivity index (χ3v) is 2.65. The Bertz CT molecular complexity index is 496. The van der Waals surface area contributed by atoms with E-state index in [0.717, 1.165) is 5.69 Å². The Hall–Kier alpha value is -2.08. The Labute approximate surface area is 118 Å². The molecule has 0 bridgehead atoms. The predicted molar refractivity (Wildman–Crippen MR) is 77.2 cm³/mol. The molecule has 0 amide bonds. The fourth-order valence-electron chi connectivity index (χ4n) is 1.87. The van der Waals surface area contributed by atoms with Crippen molar-refractivity contribution in [3.05, 3.63) is 30.3 Å². The second-order valence-corrected chi connectivity index (χ2v) is 5.64. The highest BCUT2D eigenvalue weighted by Crippen LogP contribution is 2.15. The quantitative estimate of drug-likeness (QED) is 0.820. The van der Waals surface area contributed by atoms with Crippen LogP contribution in [0.3, 0.4) is 0 Å². The van der Waals surface area contributed by atoms with Gasteiger partial charge in [0.1, 0.15) is 18.0 Å². The van der Waals surface area contributed by atoms with Crippen molar-refractivity contribution in [3.63, 3.8) is 0 Å². The lowest BCUT2D eigenvalue weighted by molar-refractivity contribution is -0.155. The number of anilines is 1. The fraction of sp³-hybridized carbons (Fsp3) is 0.429. The second kappa shape index (κ2) is 5.50. The van der Waals surface area contributed by atoms with Gasteiger partial charge in [0.25, 0.3) is 0 Å². The molecule has 1 fully saturated rings. The van der Waals surface area contributed by atoms with Gasteiger partial charge in [0.2, 0.25) is 0 Å². The van der Waals surface area contributed by atoms with E-state index in [1.165, 1.54) is 5.01 Å². The fourth-order valence-corrected chi connectivity index (χ4v) is 1.87. The standard InChI is InChI=1S/C14H20N4O2/c1-14(2,3)20-13(19)10-18-12(15)9-17(16-18)11-7-5-4-6-8-11/h4-8,15-16H,9-10H2,1-3H3. The average Bonchev–Trinajstić information content (AvgIpc) is 2.70. The lowest BCUT2D eigenvalue weighted by atomic mass is 10.2. The van der Waals surface area contributed by atoms with Crippen molar-refractivity contribution in [2.24, 2.45) is 0 Å². The molecule has 0 radical (unpaired) electrons. The van der Waals surface area contributed by atoms with Crippen LogP contribution >= 0.6 is 0 Å². The van der Waals surface area contributed by atoms with Gasteiger partial charge < -0.3 is 4.74 Å².